The van der Waals surface area contributed by atoms with Crippen molar-refractivity contribution >= 4 is 23.3 Å². The fraction of sp³-hybridized carbons (Fsp3) is 0.381. The molecule has 172 valence electrons. The molecule has 1 aromatic carbocycles. The Bertz CT molecular complexity index is 1160. The number of benzene rings is 1. The van der Waals surface area contributed by atoms with Gasteiger partial charge in [0.15, 0.2) is 5.76 Å². The number of nitrogen functional groups attached to an aromatic ring is 1. The maximum Gasteiger partial charge on any atom is 0.401 e. The molecule has 3 aromatic rings. The third-order valence-electron chi connectivity index (χ3n) is 5.24. The molecule has 1 amide bonds. The quantitative estimate of drug-likeness (QED) is 0.534. The van der Waals surface area contributed by atoms with Crippen LogP contribution in [-0.2, 0) is 11.8 Å². The number of primary amides is 1. The fourth-order valence-corrected chi connectivity index (χ4v) is 3.46. The van der Waals surface area contributed by atoms with Crippen LogP contribution in [0.2, 0.25) is 5.02 Å². The molecule has 0 bridgehead atoms. The van der Waals surface area contributed by atoms with E-state index < -0.39 is 17.5 Å². The topological polar surface area (TPSA) is 113 Å². The van der Waals surface area contributed by atoms with Gasteiger partial charge in [-0.1, -0.05) is 28.9 Å². The van der Waals surface area contributed by atoms with Crippen molar-refractivity contribution in [3.05, 3.63) is 51.9 Å². The van der Waals surface area contributed by atoms with Gasteiger partial charge in [0.25, 0.3) is 5.91 Å². The van der Waals surface area contributed by atoms with Crippen LogP contribution in [0.3, 0.4) is 0 Å². The standard InChI is InChI=1S/C21H23ClF3N5O2/c1-10(2)30-18(26)16(19(27)31)17(28-30)13-6-5-11(8-14(13)22)7-12-9-15(32-29-12)20(3,4)21(23,24)25/h5-6,8-10H,7,26H2,1-4H3,(H2,27,31). The van der Waals surface area contributed by atoms with Gasteiger partial charge in [0.1, 0.15) is 22.5 Å². The Balaban J connectivity index is 1.93. The Labute approximate surface area is 187 Å². The molecular weight excluding hydrogens is 447 g/mol. The number of aromatic nitrogens is 3. The molecule has 0 spiro atoms. The summed E-state index contributed by atoms with van der Waals surface area (Å²) in [5.41, 5.74) is 11.2. The number of hydrogen-bond donors (Lipinski definition) is 2. The van der Waals surface area contributed by atoms with Gasteiger partial charge >= 0.3 is 6.18 Å². The molecule has 11 heteroatoms. The number of carbonyl (C=O) groups is 1. The number of nitrogens with two attached hydrogens (primary N) is 2. The number of halogens is 4. The second kappa shape index (κ2) is 8.16. The lowest BCUT2D eigenvalue weighted by Gasteiger charge is -2.24. The highest BCUT2D eigenvalue weighted by molar-refractivity contribution is 6.33. The van der Waals surface area contributed by atoms with Crippen LogP contribution in [0.4, 0.5) is 19.0 Å². The molecule has 0 saturated carbocycles. The highest BCUT2D eigenvalue weighted by atomic mass is 35.5. The molecule has 3 rings (SSSR count). The average molecular weight is 470 g/mol. The van der Waals surface area contributed by atoms with Crippen molar-refractivity contribution in [2.24, 2.45) is 5.73 Å². The number of rotatable bonds is 6. The van der Waals surface area contributed by atoms with E-state index in [1.165, 1.54) is 10.7 Å². The number of carbonyl (C=O) groups excluding carboxylic acids is 1. The molecule has 0 fully saturated rings. The first-order valence-electron chi connectivity index (χ1n) is 9.73. The van der Waals surface area contributed by atoms with E-state index in [4.69, 9.17) is 27.6 Å². The Morgan fingerprint density at radius 2 is 1.91 bits per heavy atom. The van der Waals surface area contributed by atoms with Crippen molar-refractivity contribution in [2.45, 2.75) is 51.7 Å². The Morgan fingerprint density at radius 3 is 2.44 bits per heavy atom. The molecule has 0 atom stereocenters. The van der Waals surface area contributed by atoms with Crippen molar-refractivity contribution in [1.82, 2.24) is 14.9 Å². The summed E-state index contributed by atoms with van der Waals surface area (Å²) in [6.45, 7) is 5.77. The van der Waals surface area contributed by atoms with E-state index in [1.807, 2.05) is 13.8 Å². The summed E-state index contributed by atoms with van der Waals surface area (Å²) in [6.07, 6.45) is -4.28. The average Bonchev–Trinajstić information content (AvgIpc) is 3.25. The molecule has 0 radical (unpaired) electrons. The minimum atomic E-state index is -4.48. The van der Waals surface area contributed by atoms with Gasteiger partial charge in [-0.2, -0.15) is 18.3 Å². The van der Waals surface area contributed by atoms with Gasteiger partial charge in [-0.3, -0.25) is 4.79 Å². The molecule has 4 N–H and O–H groups in total. The predicted octanol–water partition coefficient (Wildman–Crippen LogP) is 4.88. The lowest BCUT2D eigenvalue weighted by Crippen LogP contribution is -2.35. The summed E-state index contributed by atoms with van der Waals surface area (Å²) in [6, 6.07) is 6.15. The molecule has 0 unspecified atom stereocenters. The molecule has 0 aliphatic rings. The minimum Gasteiger partial charge on any atom is -0.383 e. The zero-order valence-electron chi connectivity index (χ0n) is 17.9. The summed E-state index contributed by atoms with van der Waals surface area (Å²) in [5, 5.41) is 8.44. The van der Waals surface area contributed by atoms with Crippen LogP contribution in [0.1, 0.15) is 61.1 Å². The van der Waals surface area contributed by atoms with Gasteiger partial charge in [0.2, 0.25) is 0 Å². The second-order valence-corrected chi connectivity index (χ2v) is 8.71. The summed E-state index contributed by atoms with van der Waals surface area (Å²) in [7, 11) is 0. The van der Waals surface area contributed by atoms with Gasteiger partial charge in [0.05, 0.1) is 10.7 Å². The van der Waals surface area contributed by atoms with E-state index in [0.717, 1.165) is 13.8 Å². The Kier molecular flexibility index (Phi) is 6.03. The number of nitrogens with zero attached hydrogens (tertiary/aromatic N) is 3. The van der Waals surface area contributed by atoms with Crippen molar-refractivity contribution in [1.29, 1.82) is 0 Å². The highest BCUT2D eigenvalue weighted by Crippen LogP contribution is 2.41. The largest absolute Gasteiger partial charge is 0.401 e. The molecule has 0 aliphatic carbocycles. The van der Waals surface area contributed by atoms with E-state index in [9.17, 15) is 18.0 Å². The van der Waals surface area contributed by atoms with Crippen LogP contribution < -0.4 is 11.5 Å². The monoisotopic (exact) mass is 469 g/mol. The van der Waals surface area contributed by atoms with Gasteiger partial charge in [-0.05, 0) is 39.3 Å². The van der Waals surface area contributed by atoms with Gasteiger partial charge < -0.3 is 16.0 Å². The molecule has 2 heterocycles. The summed E-state index contributed by atoms with van der Waals surface area (Å²) in [4.78, 5) is 12.0. The zero-order valence-corrected chi connectivity index (χ0v) is 18.7. The van der Waals surface area contributed by atoms with Gasteiger partial charge in [-0.15, -0.1) is 0 Å². The van der Waals surface area contributed by atoms with Crippen LogP contribution in [0.5, 0.6) is 0 Å². The van der Waals surface area contributed by atoms with E-state index in [0.29, 0.717) is 16.8 Å². The molecule has 2 aromatic heterocycles. The number of anilines is 1. The van der Waals surface area contributed by atoms with Gasteiger partial charge in [-0.25, -0.2) is 4.68 Å². The smallest absolute Gasteiger partial charge is 0.383 e. The zero-order chi connectivity index (χ0) is 24.0. The van der Waals surface area contributed by atoms with Crippen LogP contribution >= 0.6 is 11.6 Å². The van der Waals surface area contributed by atoms with Crippen molar-refractivity contribution in [3.8, 4) is 11.3 Å². The first kappa shape index (κ1) is 23.6. The minimum absolute atomic E-state index is 0.0730. The summed E-state index contributed by atoms with van der Waals surface area (Å²) in [5.74, 6) is -0.861. The van der Waals surface area contributed by atoms with Crippen LogP contribution in [0, 0.1) is 0 Å². The maximum absolute atomic E-state index is 13.2. The third-order valence-corrected chi connectivity index (χ3v) is 5.55. The lowest BCUT2D eigenvalue weighted by atomic mass is 9.89. The summed E-state index contributed by atoms with van der Waals surface area (Å²) < 4.78 is 46.1. The Morgan fingerprint density at radius 1 is 1.25 bits per heavy atom. The summed E-state index contributed by atoms with van der Waals surface area (Å²) >= 11 is 6.45. The van der Waals surface area contributed by atoms with E-state index in [1.54, 1.807) is 18.2 Å². The number of alkyl halides is 3. The number of amides is 1. The van der Waals surface area contributed by atoms with Crippen molar-refractivity contribution in [2.75, 3.05) is 5.73 Å². The first-order chi connectivity index (χ1) is 14.7. The van der Waals surface area contributed by atoms with Crippen LogP contribution in [0.15, 0.2) is 28.8 Å². The van der Waals surface area contributed by atoms with Crippen molar-refractivity contribution < 1.29 is 22.5 Å². The van der Waals surface area contributed by atoms with E-state index in [2.05, 4.69) is 10.3 Å². The number of hydrogen-bond acceptors (Lipinski definition) is 5. The lowest BCUT2D eigenvalue weighted by molar-refractivity contribution is -0.185. The normalized spacial score (nSPS) is 12.5. The van der Waals surface area contributed by atoms with Crippen LogP contribution in [-0.4, -0.2) is 27.0 Å². The third kappa shape index (κ3) is 4.19. The Hall–Kier alpha value is -3.01. The molecule has 0 saturated heterocycles. The van der Waals surface area contributed by atoms with E-state index in [-0.39, 0.29) is 40.3 Å². The fourth-order valence-electron chi connectivity index (χ4n) is 3.17. The van der Waals surface area contributed by atoms with E-state index >= 15 is 0 Å². The van der Waals surface area contributed by atoms with Crippen LogP contribution in [0.25, 0.3) is 11.3 Å². The maximum atomic E-state index is 13.2. The molecule has 7 nitrogen and oxygen atoms in total. The van der Waals surface area contributed by atoms with Gasteiger partial charge in [0, 0.05) is 24.1 Å². The molecule has 0 aliphatic heterocycles. The second-order valence-electron chi connectivity index (χ2n) is 8.31. The first-order valence-corrected chi connectivity index (χ1v) is 10.1. The SMILES string of the molecule is CC(C)n1nc(-c2ccc(Cc3cc(C(C)(C)C(F)(F)F)on3)cc2Cl)c(C(N)=O)c1N. The molecular formula is C21H23ClF3N5O2. The van der Waals surface area contributed by atoms with Crippen molar-refractivity contribution in [3.63, 3.8) is 0 Å². The highest BCUT2D eigenvalue weighted by Gasteiger charge is 2.51. The predicted molar refractivity (Wildman–Crippen MR) is 114 cm³/mol. The molecule has 32 heavy (non-hydrogen) atoms.